The van der Waals surface area contributed by atoms with E-state index in [0.717, 1.165) is 0 Å². The third kappa shape index (κ3) is 7.20. The van der Waals surface area contributed by atoms with E-state index in [1.165, 1.54) is 31.4 Å². The van der Waals surface area contributed by atoms with Crippen LogP contribution in [0.5, 0.6) is 0 Å². The molecular formula is C16H25N3O5S. The highest BCUT2D eigenvalue weighted by atomic mass is 32.2. The second kappa shape index (κ2) is 9.50. The third-order valence-electron chi connectivity index (χ3n) is 3.06. The van der Waals surface area contributed by atoms with Crippen molar-refractivity contribution in [1.82, 2.24) is 15.4 Å². The maximum atomic E-state index is 12.2. The number of hydrogen-bond acceptors (Lipinski definition) is 5. The molecule has 1 aromatic carbocycles. The van der Waals surface area contributed by atoms with E-state index in [1.54, 1.807) is 6.92 Å². The molecular weight excluding hydrogens is 346 g/mol. The van der Waals surface area contributed by atoms with Crippen LogP contribution in [0.2, 0.25) is 0 Å². The summed E-state index contributed by atoms with van der Waals surface area (Å²) in [5, 5.41) is 5.13. The topological polar surface area (TPSA) is 114 Å². The van der Waals surface area contributed by atoms with Gasteiger partial charge in [0.15, 0.2) is 0 Å². The van der Waals surface area contributed by atoms with Crippen molar-refractivity contribution in [1.29, 1.82) is 0 Å². The van der Waals surface area contributed by atoms with Crippen molar-refractivity contribution in [3.63, 3.8) is 0 Å². The van der Waals surface area contributed by atoms with Gasteiger partial charge in [0.1, 0.15) is 0 Å². The van der Waals surface area contributed by atoms with Gasteiger partial charge in [-0.3, -0.25) is 9.59 Å². The minimum Gasteiger partial charge on any atom is -0.383 e. The molecule has 2 amide bonds. The standard InChI is InChI=1S/C16H25N3O5S/c1-11(2)18-15(20)9-17-16(21)13-5-7-14(8-6-13)25(22,23)19-12(3)10-24-4/h5-8,11-12,19H,9-10H2,1-4H3,(H,17,21)(H,18,20)/t12-/m0/s1. The second-order valence-electron chi connectivity index (χ2n) is 5.91. The summed E-state index contributed by atoms with van der Waals surface area (Å²) in [5.74, 6) is -0.748. The summed E-state index contributed by atoms with van der Waals surface area (Å²) in [4.78, 5) is 23.5. The highest BCUT2D eigenvalue weighted by Gasteiger charge is 2.18. The van der Waals surface area contributed by atoms with E-state index >= 15 is 0 Å². The molecule has 1 atom stereocenters. The molecule has 0 fully saturated rings. The van der Waals surface area contributed by atoms with Crippen molar-refractivity contribution in [2.45, 2.75) is 37.8 Å². The van der Waals surface area contributed by atoms with Crippen LogP contribution in [0.25, 0.3) is 0 Å². The molecule has 0 aliphatic heterocycles. The monoisotopic (exact) mass is 371 g/mol. The Morgan fingerprint density at radius 2 is 1.72 bits per heavy atom. The van der Waals surface area contributed by atoms with Crippen LogP contribution in [0.1, 0.15) is 31.1 Å². The van der Waals surface area contributed by atoms with Gasteiger partial charge in [-0.1, -0.05) is 0 Å². The quantitative estimate of drug-likeness (QED) is 0.576. The molecule has 9 heteroatoms. The molecule has 0 spiro atoms. The number of hydrogen-bond donors (Lipinski definition) is 3. The summed E-state index contributed by atoms with van der Waals surface area (Å²) in [6.45, 7) is 5.43. The number of rotatable bonds is 9. The fourth-order valence-electron chi connectivity index (χ4n) is 2.04. The summed E-state index contributed by atoms with van der Waals surface area (Å²) < 4.78 is 31.8. The Hall–Kier alpha value is -1.97. The van der Waals surface area contributed by atoms with Gasteiger partial charge in [0.2, 0.25) is 15.9 Å². The molecule has 1 aromatic rings. The van der Waals surface area contributed by atoms with Gasteiger partial charge >= 0.3 is 0 Å². The molecule has 25 heavy (non-hydrogen) atoms. The zero-order valence-corrected chi connectivity index (χ0v) is 15.6. The number of benzene rings is 1. The van der Waals surface area contributed by atoms with Crippen LogP contribution in [-0.2, 0) is 19.6 Å². The van der Waals surface area contributed by atoms with Gasteiger partial charge in [-0.05, 0) is 45.0 Å². The first-order valence-electron chi connectivity index (χ1n) is 7.84. The smallest absolute Gasteiger partial charge is 0.251 e. The van der Waals surface area contributed by atoms with Crippen LogP contribution in [0.4, 0.5) is 0 Å². The van der Waals surface area contributed by atoms with E-state index in [-0.39, 0.29) is 41.6 Å². The molecule has 0 radical (unpaired) electrons. The number of nitrogens with one attached hydrogen (secondary N) is 3. The first-order chi connectivity index (χ1) is 11.7. The van der Waals surface area contributed by atoms with E-state index in [0.29, 0.717) is 0 Å². The first kappa shape index (κ1) is 21.1. The Bertz CT molecular complexity index is 686. The first-order valence-corrected chi connectivity index (χ1v) is 9.33. The number of carbonyl (C=O) groups is 2. The van der Waals surface area contributed by atoms with Gasteiger partial charge in [0.05, 0.1) is 18.0 Å². The zero-order valence-electron chi connectivity index (χ0n) is 14.8. The average Bonchev–Trinajstić information content (AvgIpc) is 2.51. The lowest BCUT2D eigenvalue weighted by atomic mass is 10.2. The molecule has 1 rings (SSSR count). The van der Waals surface area contributed by atoms with E-state index in [2.05, 4.69) is 15.4 Å². The number of ether oxygens (including phenoxy) is 1. The highest BCUT2D eigenvalue weighted by molar-refractivity contribution is 7.89. The Morgan fingerprint density at radius 1 is 1.12 bits per heavy atom. The van der Waals surface area contributed by atoms with Crippen molar-refractivity contribution >= 4 is 21.8 Å². The van der Waals surface area contributed by atoms with Crippen molar-refractivity contribution in [2.75, 3.05) is 20.3 Å². The normalized spacial score (nSPS) is 12.7. The summed E-state index contributed by atoms with van der Waals surface area (Å²) in [5.41, 5.74) is 0.265. The van der Waals surface area contributed by atoms with Crippen LogP contribution in [0.15, 0.2) is 29.2 Å². The Labute approximate surface area is 148 Å². The molecule has 0 saturated carbocycles. The molecule has 0 aliphatic carbocycles. The van der Waals surface area contributed by atoms with Crippen LogP contribution < -0.4 is 15.4 Å². The van der Waals surface area contributed by atoms with Crippen molar-refractivity contribution in [3.05, 3.63) is 29.8 Å². The Morgan fingerprint density at radius 3 is 2.24 bits per heavy atom. The maximum absolute atomic E-state index is 12.2. The van der Waals surface area contributed by atoms with E-state index < -0.39 is 15.9 Å². The van der Waals surface area contributed by atoms with Gasteiger partial charge in [-0.15, -0.1) is 0 Å². The molecule has 140 valence electrons. The van der Waals surface area contributed by atoms with Gasteiger partial charge in [-0.2, -0.15) is 0 Å². The lowest BCUT2D eigenvalue weighted by molar-refractivity contribution is -0.120. The maximum Gasteiger partial charge on any atom is 0.251 e. The number of methoxy groups -OCH3 is 1. The van der Waals surface area contributed by atoms with Crippen molar-refractivity contribution in [2.24, 2.45) is 0 Å². The van der Waals surface area contributed by atoms with Gasteiger partial charge in [-0.25, -0.2) is 13.1 Å². The Balaban J connectivity index is 2.69. The van der Waals surface area contributed by atoms with Gasteiger partial charge in [0.25, 0.3) is 5.91 Å². The molecule has 0 aromatic heterocycles. The highest BCUT2D eigenvalue weighted by Crippen LogP contribution is 2.11. The summed E-state index contributed by atoms with van der Waals surface area (Å²) in [7, 11) is -2.20. The average molecular weight is 371 g/mol. The largest absolute Gasteiger partial charge is 0.383 e. The van der Waals surface area contributed by atoms with Gasteiger partial charge in [0, 0.05) is 24.8 Å². The molecule has 8 nitrogen and oxygen atoms in total. The van der Waals surface area contributed by atoms with Crippen LogP contribution in [0.3, 0.4) is 0 Å². The lowest BCUT2D eigenvalue weighted by Crippen LogP contribution is -2.39. The van der Waals surface area contributed by atoms with Crippen molar-refractivity contribution < 1.29 is 22.7 Å². The summed E-state index contributed by atoms with van der Waals surface area (Å²) in [6, 6.07) is 5.08. The van der Waals surface area contributed by atoms with E-state index in [4.69, 9.17) is 4.74 Å². The number of carbonyl (C=O) groups excluding carboxylic acids is 2. The third-order valence-corrected chi connectivity index (χ3v) is 4.66. The predicted octanol–water partition coefficient (Wildman–Crippen LogP) is 0.254. The molecule has 0 unspecified atom stereocenters. The number of amides is 2. The predicted molar refractivity (Wildman–Crippen MR) is 93.7 cm³/mol. The summed E-state index contributed by atoms with van der Waals surface area (Å²) >= 11 is 0. The fourth-order valence-corrected chi connectivity index (χ4v) is 3.27. The molecule has 3 N–H and O–H groups in total. The number of sulfonamides is 1. The second-order valence-corrected chi connectivity index (χ2v) is 7.62. The van der Waals surface area contributed by atoms with Crippen LogP contribution in [-0.4, -0.2) is 52.6 Å². The van der Waals surface area contributed by atoms with Gasteiger partial charge < -0.3 is 15.4 Å². The summed E-state index contributed by atoms with van der Waals surface area (Å²) in [6.07, 6.45) is 0. The SMILES string of the molecule is COC[C@H](C)NS(=O)(=O)c1ccc(C(=O)NCC(=O)NC(C)C)cc1. The van der Waals surface area contributed by atoms with E-state index in [9.17, 15) is 18.0 Å². The fraction of sp³-hybridized carbons (Fsp3) is 0.500. The molecule has 0 saturated heterocycles. The molecule has 0 bridgehead atoms. The van der Waals surface area contributed by atoms with E-state index in [1.807, 2.05) is 13.8 Å². The van der Waals surface area contributed by atoms with Crippen LogP contribution >= 0.6 is 0 Å². The minimum absolute atomic E-state index is 0.0121. The lowest BCUT2D eigenvalue weighted by Gasteiger charge is -2.13. The minimum atomic E-state index is -3.69. The zero-order chi connectivity index (χ0) is 19.0. The van der Waals surface area contributed by atoms with Crippen molar-refractivity contribution in [3.8, 4) is 0 Å². The molecule has 0 aliphatic rings. The molecule has 0 heterocycles. The Kier molecular flexibility index (Phi) is 8.01. The van der Waals surface area contributed by atoms with Crippen LogP contribution in [0, 0.1) is 0 Å².